The molecule has 2 aromatic rings. The average molecular weight is 230 g/mol. The van der Waals surface area contributed by atoms with Crippen molar-refractivity contribution in [1.82, 2.24) is 10.2 Å². The van der Waals surface area contributed by atoms with E-state index >= 15 is 0 Å². The van der Waals surface area contributed by atoms with E-state index in [9.17, 15) is 0 Å². The Hall–Kier alpha value is -2.14. The number of methoxy groups -OCH3 is 1. The molecule has 17 heavy (non-hydrogen) atoms. The van der Waals surface area contributed by atoms with Gasteiger partial charge in [-0.25, -0.2) is 5.84 Å². The van der Waals surface area contributed by atoms with Crippen LogP contribution in [0.4, 0.5) is 5.82 Å². The number of nitrogens with zero attached hydrogens (tertiary/aromatic N) is 2. The second kappa shape index (κ2) is 4.80. The van der Waals surface area contributed by atoms with Crippen molar-refractivity contribution in [2.75, 3.05) is 12.5 Å². The van der Waals surface area contributed by atoms with Crippen LogP contribution in [0.3, 0.4) is 0 Å². The van der Waals surface area contributed by atoms with Gasteiger partial charge in [0.15, 0.2) is 5.82 Å². The van der Waals surface area contributed by atoms with Gasteiger partial charge in [0.05, 0.1) is 12.8 Å². The van der Waals surface area contributed by atoms with Crippen molar-refractivity contribution in [2.24, 2.45) is 5.84 Å². The summed E-state index contributed by atoms with van der Waals surface area (Å²) in [6, 6.07) is 9.52. The molecule has 1 heterocycles. The standard InChI is InChI=1S/C12H14N4O/c1-8-7-9(3-5-11(8)17-2)10-4-6-12(14-13)16-15-10/h3-7H,13H2,1-2H3,(H,14,16). The van der Waals surface area contributed by atoms with Gasteiger partial charge >= 0.3 is 0 Å². The average Bonchev–Trinajstić information content (AvgIpc) is 2.39. The van der Waals surface area contributed by atoms with E-state index in [1.54, 1.807) is 13.2 Å². The number of aromatic nitrogens is 2. The van der Waals surface area contributed by atoms with Gasteiger partial charge in [0.2, 0.25) is 0 Å². The lowest BCUT2D eigenvalue weighted by molar-refractivity contribution is 0.412. The molecule has 2 rings (SSSR count). The molecule has 0 radical (unpaired) electrons. The van der Waals surface area contributed by atoms with Gasteiger partial charge in [-0.05, 0) is 42.8 Å². The van der Waals surface area contributed by atoms with Crippen LogP contribution in [0.2, 0.25) is 0 Å². The summed E-state index contributed by atoms with van der Waals surface area (Å²) < 4.78 is 5.21. The maximum absolute atomic E-state index is 5.23. The van der Waals surface area contributed by atoms with E-state index in [0.29, 0.717) is 5.82 Å². The minimum Gasteiger partial charge on any atom is -0.496 e. The molecule has 0 saturated carbocycles. The number of hydrogen-bond acceptors (Lipinski definition) is 5. The smallest absolute Gasteiger partial charge is 0.162 e. The van der Waals surface area contributed by atoms with Gasteiger partial charge in [0.25, 0.3) is 0 Å². The fourth-order valence-electron chi connectivity index (χ4n) is 1.60. The SMILES string of the molecule is COc1ccc(-c2ccc(NN)nn2)cc1C. The van der Waals surface area contributed by atoms with Gasteiger partial charge in [0, 0.05) is 5.56 Å². The molecule has 0 amide bonds. The Morgan fingerprint density at radius 1 is 1.18 bits per heavy atom. The molecular formula is C12H14N4O. The maximum atomic E-state index is 5.23. The van der Waals surface area contributed by atoms with Gasteiger partial charge in [-0.2, -0.15) is 0 Å². The number of anilines is 1. The highest BCUT2D eigenvalue weighted by molar-refractivity contribution is 5.62. The summed E-state index contributed by atoms with van der Waals surface area (Å²) in [5.41, 5.74) is 5.30. The highest BCUT2D eigenvalue weighted by Gasteiger charge is 2.04. The van der Waals surface area contributed by atoms with Crippen LogP contribution < -0.4 is 16.0 Å². The van der Waals surface area contributed by atoms with Crippen LogP contribution in [-0.2, 0) is 0 Å². The second-order valence-corrected chi connectivity index (χ2v) is 3.63. The Balaban J connectivity index is 2.35. The summed E-state index contributed by atoms with van der Waals surface area (Å²) in [5.74, 6) is 6.64. The van der Waals surface area contributed by atoms with Gasteiger partial charge in [-0.15, -0.1) is 10.2 Å². The number of nitrogen functional groups attached to an aromatic ring is 1. The van der Waals surface area contributed by atoms with E-state index in [1.807, 2.05) is 31.2 Å². The first-order chi connectivity index (χ1) is 8.24. The van der Waals surface area contributed by atoms with Crippen LogP contribution in [0.25, 0.3) is 11.3 Å². The molecule has 0 unspecified atom stereocenters. The zero-order chi connectivity index (χ0) is 12.3. The molecule has 0 atom stereocenters. The van der Waals surface area contributed by atoms with E-state index in [-0.39, 0.29) is 0 Å². The van der Waals surface area contributed by atoms with Crippen LogP contribution in [0, 0.1) is 6.92 Å². The van der Waals surface area contributed by atoms with Crippen molar-refractivity contribution in [1.29, 1.82) is 0 Å². The van der Waals surface area contributed by atoms with Gasteiger partial charge in [-0.1, -0.05) is 0 Å². The molecule has 0 aliphatic heterocycles. The summed E-state index contributed by atoms with van der Waals surface area (Å²) >= 11 is 0. The number of ether oxygens (including phenoxy) is 1. The lowest BCUT2D eigenvalue weighted by Crippen LogP contribution is -2.09. The summed E-state index contributed by atoms with van der Waals surface area (Å²) in [5, 5.41) is 8.01. The molecule has 0 spiro atoms. The van der Waals surface area contributed by atoms with Crippen LogP contribution in [-0.4, -0.2) is 17.3 Å². The molecule has 1 aromatic carbocycles. The quantitative estimate of drug-likeness (QED) is 0.620. The molecule has 0 aliphatic carbocycles. The first-order valence-corrected chi connectivity index (χ1v) is 5.20. The van der Waals surface area contributed by atoms with Crippen molar-refractivity contribution >= 4 is 5.82 Å². The number of nitrogens with one attached hydrogen (secondary N) is 1. The molecule has 1 aromatic heterocycles. The fourth-order valence-corrected chi connectivity index (χ4v) is 1.60. The van der Waals surface area contributed by atoms with E-state index < -0.39 is 0 Å². The third kappa shape index (κ3) is 2.34. The predicted octanol–water partition coefficient (Wildman–Crippen LogP) is 1.75. The normalized spacial score (nSPS) is 10.1. The lowest BCUT2D eigenvalue weighted by atomic mass is 10.1. The Labute approximate surface area is 99.6 Å². The first kappa shape index (κ1) is 11.3. The third-order valence-electron chi connectivity index (χ3n) is 2.50. The van der Waals surface area contributed by atoms with Crippen LogP contribution in [0.1, 0.15) is 5.56 Å². The minimum atomic E-state index is 0.541. The molecule has 5 heteroatoms. The molecule has 5 nitrogen and oxygen atoms in total. The first-order valence-electron chi connectivity index (χ1n) is 5.20. The van der Waals surface area contributed by atoms with E-state index in [1.165, 1.54) is 0 Å². The third-order valence-corrected chi connectivity index (χ3v) is 2.50. The summed E-state index contributed by atoms with van der Waals surface area (Å²) in [4.78, 5) is 0. The Kier molecular flexibility index (Phi) is 3.20. The van der Waals surface area contributed by atoms with Crippen molar-refractivity contribution in [2.45, 2.75) is 6.92 Å². The van der Waals surface area contributed by atoms with Crippen LogP contribution in [0.15, 0.2) is 30.3 Å². The molecule has 88 valence electrons. The lowest BCUT2D eigenvalue weighted by Gasteiger charge is -2.07. The van der Waals surface area contributed by atoms with Gasteiger partial charge in [0.1, 0.15) is 5.75 Å². The van der Waals surface area contributed by atoms with Crippen molar-refractivity contribution in [3.8, 4) is 17.0 Å². The fraction of sp³-hybridized carbons (Fsp3) is 0.167. The highest BCUT2D eigenvalue weighted by Crippen LogP contribution is 2.24. The number of nitrogens with two attached hydrogens (primary N) is 1. The van der Waals surface area contributed by atoms with Gasteiger partial charge in [-0.3, -0.25) is 0 Å². The number of hydrogen-bond donors (Lipinski definition) is 2. The number of rotatable bonds is 3. The maximum Gasteiger partial charge on any atom is 0.162 e. The Morgan fingerprint density at radius 2 is 2.00 bits per heavy atom. The Morgan fingerprint density at radius 3 is 2.53 bits per heavy atom. The summed E-state index contributed by atoms with van der Waals surface area (Å²) in [6.45, 7) is 1.99. The zero-order valence-corrected chi connectivity index (χ0v) is 9.77. The number of benzene rings is 1. The van der Waals surface area contributed by atoms with E-state index in [4.69, 9.17) is 10.6 Å². The predicted molar refractivity (Wildman–Crippen MR) is 66.6 cm³/mol. The van der Waals surface area contributed by atoms with Crippen molar-refractivity contribution in [3.63, 3.8) is 0 Å². The number of hydrazine groups is 1. The van der Waals surface area contributed by atoms with E-state index in [0.717, 1.165) is 22.6 Å². The molecule has 0 bridgehead atoms. The molecule has 0 aliphatic rings. The molecule has 0 fully saturated rings. The monoisotopic (exact) mass is 230 g/mol. The number of aryl methyl sites for hydroxylation is 1. The van der Waals surface area contributed by atoms with Crippen molar-refractivity contribution < 1.29 is 4.74 Å². The minimum absolute atomic E-state index is 0.541. The topological polar surface area (TPSA) is 73.1 Å². The highest BCUT2D eigenvalue weighted by atomic mass is 16.5. The second-order valence-electron chi connectivity index (χ2n) is 3.63. The molecule has 3 N–H and O–H groups in total. The largest absolute Gasteiger partial charge is 0.496 e. The van der Waals surface area contributed by atoms with Crippen LogP contribution in [0.5, 0.6) is 5.75 Å². The van der Waals surface area contributed by atoms with Gasteiger partial charge < -0.3 is 10.2 Å². The molecular weight excluding hydrogens is 216 g/mol. The van der Waals surface area contributed by atoms with Crippen LogP contribution >= 0.6 is 0 Å². The summed E-state index contributed by atoms with van der Waals surface area (Å²) in [7, 11) is 1.66. The zero-order valence-electron chi connectivity index (χ0n) is 9.77. The van der Waals surface area contributed by atoms with Crippen molar-refractivity contribution in [3.05, 3.63) is 35.9 Å². The van der Waals surface area contributed by atoms with E-state index in [2.05, 4.69) is 15.6 Å². The summed E-state index contributed by atoms with van der Waals surface area (Å²) in [6.07, 6.45) is 0. The Bertz CT molecular complexity index is 510. The molecule has 0 saturated heterocycles.